The van der Waals surface area contributed by atoms with Gasteiger partial charge in [-0.1, -0.05) is 57.1 Å². The van der Waals surface area contributed by atoms with E-state index in [9.17, 15) is 0 Å². The lowest BCUT2D eigenvalue weighted by molar-refractivity contribution is 0.585. The van der Waals surface area contributed by atoms with Crippen LogP contribution in [0.25, 0.3) is 0 Å². The van der Waals surface area contributed by atoms with Crippen LogP contribution in [0, 0.1) is 0 Å². The molecule has 0 bridgehead atoms. The normalized spacial score (nSPS) is 19.2. The summed E-state index contributed by atoms with van der Waals surface area (Å²) in [5.74, 6) is 0. The molecule has 1 nitrogen and oxygen atoms in total. The summed E-state index contributed by atoms with van der Waals surface area (Å²) in [6, 6.07) is 0. The van der Waals surface area contributed by atoms with Crippen molar-refractivity contribution in [3.05, 3.63) is 11.6 Å². The molecule has 1 heterocycles. The van der Waals surface area contributed by atoms with Crippen LogP contribution in [0.4, 0.5) is 0 Å². The molecule has 1 rings (SSSR count). The van der Waals surface area contributed by atoms with Gasteiger partial charge in [0.1, 0.15) is 0 Å². The Hall–Kier alpha value is -0.300. The van der Waals surface area contributed by atoms with Crippen LogP contribution < -0.4 is 5.32 Å². The predicted octanol–water partition coefficient (Wildman–Crippen LogP) is 4.44. The van der Waals surface area contributed by atoms with Crippen molar-refractivity contribution < 1.29 is 0 Å². The summed E-state index contributed by atoms with van der Waals surface area (Å²) in [4.78, 5) is 0. The summed E-state index contributed by atoms with van der Waals surface area (Å²) in [5, 5.41) is 3.44. The van der Waals surface area contributed by atoms with Gasteiger partial charge in [0.15, 0.2) is 0 Å². The minimum absolute atomic E-state index is 1.15. The van der Waals surface area contributed by atoms with E-state index in [-0.39, 0.29) is 0 Å². The summed E-state index contributed by atoms with van der Waals surface area (Å²) in [6.07, 6.45) is 16.4. The standard InChI is InChI=1S/C15H29N/c1-2-3-4-5-6-7-8-9-11-15-12-10-13-16-14-15/h11,16H,2-10,12-14H2,1H3. The highest BCUT2D eigenvalue weighted by Crippen LogP contribution is 2.12. The van der Waals surface area contributed by atoms with Crippen molar-refractivity contribution in [1.82, 2.24) is 5.32 Å². The van der Waals surface area contributed by atoms with E-state index in [1.54, 1.807) is 5.57 Å². The Bertz CT molecular complexity index is 176. The molecule has 1 N–H and O–H groups in total. The van der Waals surface area contributed by atoms with Crippen molar-refractivity contribution in [3.8, 4) is 0 Å². The molecule has 0 aliphatic carbocycles. The van der Waals surface area contributed by atoms with Crippen molar-refractivity contribution >= 4 is 0 Å². The van der Waals surface area contributed by atoms with Gasteiger partial charge in [-0.15, -0.1) is 0 Å². The van der Waals surface area contributed by atoms with E-state index in [2.05, 4.69) is 18.3 Å². The second-order valence-electron chi connectivity index (χ2n) is 5.05. The van der Waals surface area contributed by atoms with E-state index in [0.29, 0.717) is 0 Å². The Kier molecular flexibility index (Phi) is 8.51. The molecule has 1 fully saturated rings. The first-order valence-corrected chi connectivity index (χ1v) is 7.32. The molecule has 0 spiro atoms. The molecule has 0 unspecified atom stereocenters. The lowest BCUT2D eigenvalue weighted by Crippen LogP contribution is -2.23. The Morgan fingerprint density at radius 1 is 1.06 bits per heavy atom. The van der Waals surface area contributed by atoms with Crippen LogP contribution in [0.15, 0.2) is 11.6 Å². The SMILES string of the molecule is CCCCCCCCCC=C1CCCNC1. The number of hydrogen-bond acceptors (Lipinski definition) is 1. The van der Waals surface area contributed by atoms with E-state index in [1.165, 1.54) is 70.8 Å². The molecule has 0 amide bonds. The first-order chi connectivity index (χ1) is 7.93. The van der Waals surface area contributed by atoms with E-state index in [1.807, 2.05) is 0 Å². The van der Waals surface area contributed by atoms with Gasteiger partial charge in [-0.05, 0) is 32.2 Å². The first kappa shape index (κ1) is 13.8. The van der Waals surface area contributed by atoms with Crippen molar-refractivity contribution in [2.24, 2.45) is 0 Å². The maximum absolute atomic E-state index is 3.44. The maximum atomic E-state index is 3.44. The quantitative estimate of drug-likeness (QED) is 0.474. The molecule has 0 saturated carbocycles. The number of hydrogen-bond donors (Lipinski definition) is 1. The minimum atomic E-state index is 1.15. The second-order valence-corrected chi connectivity index (χ2v) is 5.05. The van der Waals surface area contributed by atoms with Gasteiger partial charge in [0, 0.05) is 6.54 Å². The first-order valence-electron chi connectivity index (χ1n) is 7.32. The zero-order chi connectivity index (χ0) is 11.5. The van der Waals surface area contributed by atoms with Gasteiger partial charge in [0.05, 0.1) is 0 Å². The number of rotatable bonds is 8. The molecule has 94 valence electrons. The highest BCUT2D eigenvalue weighted by atomic mass is 14.9. The number of nitrogens with one attached hydrogen (secondary N) is 1. The van der Waals surface area contributed by atoms with Crippen LogP contribution in [0.5, 0.6) is 0 Å². The molecule has 1 heteroatoms. The monoisotopic (exact) mass is 223 g/mol. The van der Waals surface area contributed by atoms with Crippen LogP contribution in [0.2, 0.25) is 0 Å². The zero-order valence-corrected chi connectivity index (χ0v) is 11.1. The second kappa shape index (κ2) is 9.89. The average molecular weight is 223 g/mol. The van der Waals surface area contributed by atoms with Crippen molar-refractivity contribution in [1.29, 1.82) is 0 Å². The smallest absolute Gasteiger partial charge is 0.0164 e. The van der Waals surface area contributed by atoms with Crippen molar-refractivity contribution in [3.63, 3.8) is 0 Å². The molecular formula is C15H29N. The molecule has 1 aliphatic rings. The topological polar surface area (TPSA) is 12.0 Å². The molecule has 1 saturated heterocycles. The van der Waals surface area contributed by atoms with Gasteiger partial charge in [0.25, 0.3) is 0 Å². The highest BCUT2D eigenvalue weighted by molar-refractivity contribution is 5.06. The molecular weight excluding hydrogens is 194 g/mol. The third kappa shape index (κ3) is 7.05. The Balaban J connectivity index is 1.87. The third-order valence-corrected chi connectivity index (χ3v) is 3.44. The fraction of sp³-hybridized carbons (Fsp3) is 0.867. The summed E-state index contributed by atoms with van der Waals surface area (Å²) in [7, 11) is 0. The van der Waals surface area contributed by atoms with Crippen molar-refractivity contribution in [2.75, 3.05) is 13.1 Å². The molecule has 0 atom stereocenters. The van der Waals surface area contributed by atoms with Gasteiger partial charge < -0.3 is 5.32 Å². The Labute approximate surface area is 102 Å². The maximum Gasteiger partial charge on any atom is 0.0164 e. The van der Waals surface area contributed by atoms with Gasteiger partial charge in [-0.25, -0.2) is 0 Å². The van der Waals surface area contributed by atoms with Crippen LogP contribution in [-0.2, 0) is 0 Å². The van der Waals surface area contributed by atoms with E-state index in [4.69, 9.17) is 0 Å². The summed E-state index contributed by atoms with van der Waals surface area (Å²) < 4.78 is 0. The molecule has 0 aromatic heterocycles. The lowest BCUT2D eigenvalue weighted by atomic mass is 10.0. The van der Waals surface area contributed by atoms with Gasteiger partial charge in [-0.2, -0.15) is 0 Å². The van der Waals surface area contributed by atoms with Crippen LogP contribution in [0.3, 0.4) is 0 Å². The highest BCUT2D eigenvalue weighted by Gasteiger charge is 2.02. The molecule has 1 aliphatic heterocycles. The van der Waals surface area contributed by atoms with E-state index in [0.717, 1.165) is 6.54 Å². The van der Waals surface area contributed by atoms with Crippen LogP contribution in [0.1, 0.15) is 71.1 Å². The molecule has 0 aromatic carbocycles. The molecule has 16 heavy (non-hydrogen) atoms. The summed E-state index contributed by atoms with van der Waals surface area (Å²) in [6.45, 7) is 4.65. The number of allylic oxidation sites excluding steroid dienone is 1. The average Bonchev–Trinajstić information content (AvgIpc) is 2.34. The van der Waals surface area contributed by atoms with Crippen LogP contribution in [-0.4, -0.2) is 13.1 Å². The van der Waals surface area contributed by atoms with Gasteiger partial charge >= 0.3 is 0 Å². The van der Waals surface area contributed by atoms with E-state index < -0.39 is 0 Å². The Morgan fingerprint density at radius 3 is 2.50 bits per heavy atom. The number of piperidine rings is 1. The molecule has 0 aromatic rings. The number of unbranched alkanes of at least 4 members (excludes halogenated alkanes) is 7. The van der Waals surface area contributed by atoms with Gasteiger partial charge in [0.2, 0.25) is 0 Å². The Morgan fingerprint density at radius 2 is 1.81 bits per heavy atom. The van der Waals surface area contributed by atoms with E-state index >= 15 is 0 Å². The largest absolute Gasteiger partial charge is 0.313 e. The van der Waals surface area contributed by atoms with Crippen LogP contribution >= 0.6 is 0 Å². The molecule has 0 radical (unpaired) electrons. The summed E-state index contributed by atoms with van der Waals surface area (Å²) in [5.41, 5.74) is 1.65. The van der Waals surface area contributed by atoms with Crippen molar-refractivity contribution in [2.45, 2.75) is 71.1 Å². The lowest BCUT2D eigenvalue weighted by Gasteiger charge is -2.15. The zero-order valence-electron chi connectivity index (χ0n) is 11.1. The minimum Gasteiger partial charge on any atom is -0.313 e. The van der Waals surface area contributed by atoms with Gasteiger partial charge in [-0.3, -0.25) is 0 Å². The third-order valence-electron chi connectivity index (χ3n) is 3.44. The fourth-order valence-corrected chi connectivity index (χ4v) is 2.36. The predicted molar refractivity (Wildman–Crippen MR) is 72.8 cm³/mol. The summed E-state index contributed by atoms with van der Waals surface area (Å²) >= 11 is 0. The fourth-order valence-electron chi connectivity index (χ4n) is 2.36.